The standard InChI is InChI=1S/C31H23Cl2N3O3S2/c32-21-11-16-25(26(33)17-21)27-19-40-31(35-27)36-30(38)29(20-7-3-1-4-8-20)41-24-14-12-22(13-15-24)34-28(37)18-39-23-9-5-2-6-10-23/h1-17,19,29H,18H2,(H,34,37)(H,35,36,38). The van der Waals surface area contributed by atoms with Crippen molar-refractivity contribution in [1.82, 2.24) is 4.98 Å². The van der Waals surface area contributed by atoms with E-state index >= 15 is 0 Å². The Kier molecular flexibility index (Phi) is 9.59. The van der Waals surface area contributed by atoms with Gasteiger partial charge in [0.15, 0.2) is 11.7 Å². The first-order chi connectivity index (χ1) is 19.9. The lowest BCUT2D eigenvalue weighted by molar-refractivity contribution is -0.118. The van der Waals surface area contributed by atoms with Gasteiger partial charge in [0.25, 0.3) is 5.91 Å². The van der Waals surface area contributed by atoms with Crippen molar-refractivity contribution in [3.8, 4) is 17.0 Å². The lowest BCUT2D eigenvalue weighted by atomic mass is 10.1. The third-order valence-electron chi connectivity index (χ3n) is 5.79. The number of thiazole rings is 1. The summed E-state index contributed by atoms with van der Waals surface area (Å²) >= 11 is 15.1. The molecular weight excluding hydrogens is 597 g/mol. The zero-order chi connectivity index (χ0) is 28.6. The molecule has 4 aromatic carbocycles. The maximum atomic E-state index is 13.5. The number of amides is 2. The number of carbonyl (C=O) groups is 2. The molecule has 10 heteroatoms. The molecule has 1 heterocycles. The predicted octanol–water partition coefficient (Wildman–Crippen LogP) is 8.61. The van der Waals surface area contributed by atoms with Crippen LogP contribution in [-0.4, -0.2) is 23.4 Å². The normalized spacial score (nSPS) is 11.5. The molecule has 41 heavy (non-hydrogen) atoms. The minimum atomic E-state index is -0.539. The first kappa shape index (κ1) is 28.7. The van der Waals surface area contributed by atoms with E-state index < -0.39 is 5.25 Å². The van der Waals surface area contributed by atoms with Crippen molar-refractivity contribution in [3.05, 3.63) is 124 Å². The second kappa shape index (κ2) is 13.7. The highest BCUT2D eigenvalue weighted by Gasteiger charge is 2.23. The minimum absolute atomic E-state index is 0.0978. The highest BCUT2D eigenvalue weighted by atomic mass is 35.5. The van der Waals surface area contributed by atoms with Gasteiger partial charge in [-0.2, -0.15) is 0 Å². The molecule has 6 nitrogen and oxygen atoms in total. The van der Waals surface area contributed by atoms with E-state index in [0.717, 1.165) is 16.0 Å². The number of para-hydroxylation sites is 1. The number of rotatable bonds is 10. The van der Waals surface area contributed by atoms with Gasteiger partial charge in [-0.05, 0) is 60.2 Å². The van der Waals surface area contributed by atoms with Gasteiger partial charge in [0.2, 0.25) is 5.91 Å². The van der Waals surface area contributed by atoms with Crippen LogP contribution in [0.3, 0.4) is 0 Å². The smallest absolute Gasteiger partial charge is 0.262 e. The number of nitrogens with one attached hydrogen (secondary N) is 2. The van der Waals surface area contributed by atoms with E-state index in [-0.39, 0.29) is 18.4 Å². The van der Waals surface area contributed by atoms with Crippen LogP contribution < -0.4 is 15.4 Å². The number of benzene rings is 4. The summed E-state index contributed by atoms with van der Waals surface area (Å²) in [4.78, 5) is 31.2. The molecule has 5 aromatic rings. The van der Waals surface area contributed by atoms with Crippen LogP contribution in [0.25, 0.3) is 11.3 Å². The highest BCUT2D eigenvalue weighted by Crippen LogP contribution is 2.38. The van der Waals surface area contributed by atoms with Gasteiger partial charge in [-0.3, -0.25) is 9.59 Å². The molecule has 1 atom stereocenters. The Bertz CT molecular complexity index is 1630. The van der Waals surface area contributed by atoms with Crippen molar-refractivity contribution >= 4 is 68.9 Å². The van der Waals surface area contributed by atoms with Gasteiger partial charge in [-0.1, -0.05) is 71.7 Å². The lowest BCUT2D eigenvalue weighted by Gasteiger charge is -2.16. The third kappa shape index (κ3) is 7.89. The summed E-state index contributed by atoms with van der Waals surface area (Å²) in [6, 6.07) is 31.2. The number of aromatic nitrogens is 1. The van der Waals surface area contributed by atoms with Gasteiger partial charge in [-0.25, -0.2) is 4.98 Å². The van der Waals surface area contributed by atoms with E-state index in [4.69, 9.17) is 27.9 Å². The van der Waals surface area contributed by atoms with E-state index in [1.165, 1.54) is 23.1 Å². The number of halogens is 2. The average molecular weight is 621 g/mol. The quantitative estimate of drug-likeness (QED) is 0.153. The molecule has 0 bridgehead atoms. The second-order valence-corrected chi connectivity index (χ2v) is 11.6. The molecule has 0 fully saturated rings. The second-order valence-electron chi connectivity index (χ2n) is 8.73. The van der Waals surface area contributed by atoms with Crippen molar-refractivity contribution in [2.24, 2.45) is 0 Å². The van der Waals surface area contributed by atoms with E-state index in [0.29, 0.717) is 32.3 Å². The zero-order valence-corrected chi connectivity index (χ0v) is 24.6. The first-order valence-electron chi connectivity index (χ1n) is 12.5. The Hall–Kier alpha value is -3.82. The fourth-order valence-electron chi connectivity index (χ4n) is 3.84. The number of nitrogens with zero attached hydrogens (tertiary/aromatic N) is 1. The van der Waals surface area contributed by atoms with Crippen LogP contribution in [0.4, 0.5) is 10.8 Å². The third-order valence-corrected chi connectivity index (χ3v) is 8.36. The Morgan fingerprint density at radius 1 is 0.878 bits per heavy atom. The topological polar surface area (TPSA) is 80.3 Å². The summed E-state index contributed by atoms with van der Waals surface area (Å²) < 4.78 is 5.50. The van der Waals surface area contributed by atoms with Crippen molar-refractivity contribution in [2.75, 3.05) is 17.2 Å². The molecule has 206 valence electrons. The minimum Gasteiger partial charge on any atom is -0.484 e. The van der Waals surface area contributed by atoms with Crippen LogP contribution in [0.15, 0.2) is 113 Å². The van der Waals surface area contributed by atoms with Crippen molar-refractivity contribution in [1.29, 1.82) is 0 Å². The largest absolute Gasteiger partial charge is 0.484 e. The first-order valence-corrected chi connectivity index (χ1v) is 15.0. The van der Waals surface area contributed by atoms with E-state index in [1.54, 1.807) is 42.5 Å². The summed E-state index contributed by atoms with van der Waals surface area (Å²) in [5.74, 6) is 0.153. The molecule has 0 spiro atoms. The monoisotopic (exact) mass is 619 g/mol. The molecule has 0 aliphatic carbocycles. The van der Waals surface area contributed by atoms with Crippen LogP contribution in [0.2, 0.25) is 10.0 Å². The molecule has 1 aromatic heterocycles. The van der Waals surface area contributed by atoms with Gasteiger partial charge in [-0.15, -0.1) is 23.1 Å². The van der Waals surface area contributed by atoms with Crippen LogP contribution in [0.5, 0.6) is 5.75 Å². The Labute approximate surface area is 255 Å². The van der Waals surface area contributed by atoms with E-state index in [2.05, 4.69) is 15.6 Å². The van der Waals surface area contributed by atoms with Crippen LogP contribution in [0.1, 0.15) is 10.8 Å². The number of ether oxygens (including phenoxy) is 1. The average Bonchev–Trinajstić information content (AvgIpc) is 3.44. The Morgan fingerprint density at radius 2 is 1.59 bits per heavy atom. The SMILES string of the molecule is O=C(COc1ccccc1)Nc1ccc(SC(C(=O)Nc2nc(-c3ccc(Cl)cc3Cl)cs2)c2ccccc2)cc1. The molecule has 5 rings (SSSR count). The van der Waals surface area contributed by atoms with Crippen molar-refractivity contribution < 1.29 is 14.3 Å². The molecule has 0 saturated heterocycles. The fourth-order valence-corrected chi connectivity index (χ4v) is 6.08. The summed E-state index contributed by atoms with van der Waals surface area (Å²) in [5.41, 5.74) is 2.87. The molecule has 1 unspecified atom stereocenters. The molecule has 0 aliphatic rings. The Morgan fingerprint density at radius 3 is 2.29 bits per heavy atom. The summed E-state index contributed by atoms with van der Waals surface area (Å²) in [6.07, 6.45) is 0. The van der Waals surface area contributed by atoms with Gasteiger partial charge < -0.3 is 15.4 Å². The summed E-state index contributed by atoms with van der Waals surface area (Å²) in [7, 11) is 0. The molecule has 2 N–H and O–H groups in total. The number of hydrogen-bond acceptors (Lipinski definition) is 6. The van der Waals surface area contributed by atoms with Crippen LogP contribution in [0, 0.1) is 0 Å². The lowest BCUT2D eigenvalue weighted by Crippen LogP contribution is -2.20. The molecule has 2 amide bonds. The van der Waals surface area contributed by atoms with Crippen molar-refractivity contribution in [2.45, 2.75) is 10.1 Å². The maximum absolute atomic E-state index is 13.5. The van der Waals surface area contributed by atoms with Crippen LogP contribution in [-0.2, 0) is 9.59 Å². The summed E-state index contributed by atoms with van der Waals surface area (Å²) in [5, 5.41) is 8.58. The van der Waals surface area contributed by atoms with Gasteiger partial charge in [0.1, 0.15) is 11.0 Å². The Balaban J connectivity index is 1.25. The predicted molar refractivity (Wildman–Crippen MR) is 168 cm³/mol. The highest BCUT2D eigenvalue weighted by molar-refractivity contribution is 8.00. The van der Waals surface area contributed by atoms with Crippen molar-refractivity contribution in [3.63, 3.8) is 0 Å². The number of hydrogen-bond donors (Lipinski definition) is 2. The zero-order valence-electron chi connectivity index (χ0n) is 21.4. The molecular formula is C31H23Cl2N3O3S2. The van der Waals surface area contributed by atoms with E-state index in [9.17, 15) is 9.59 Å². The van der Waals surface area contributed by atoms with Gasteiger partial charge >= 0.3 is 0 Å². The fraction of sp³-hybridized carbons (Fsp3) is 0.0645. The molecule has 0 radical (unpaired) electrons. The maximum Gasteiger partial charge on any atom is 0.262 e. The van der Waals surface area contributed by atoms with Gasteiger partial charge in [0, 0.05) is 26.5 Å². The number of carbonyl (C=O) groups excluding carboxylic acids is 2. The number of thioether (sulfide) groups is 1. The molecule has 0 aliphatic heterocycles. The summed E-state index contributed by atoms with van der Waals surface area (Å²) in [6.45, 7) is -0.0978. The van der Waals surface area contributed by atoms with Crippen LogP contribution >= 0.6 is 46.3 Å². The number of anilines is 2. The van der Waals surface area contributed by atoms with E-state index in [1.807, 2.05) is 66.0 Å². The molecule has 0 saturated carbocycles. The van der Waals surface area contributed by atoms with Gasteiger partial charge in [0.05, 0.1) is 10.7 Å².